The number of hydrogen-bond donors (Lipinski definition) is 1. The summed E-state index contributed by atoms with van der Waals surface area (Å²) in [5.74, 6) is -0.380. The zero-order chi connectivity index (χ0) is 21.8. The van der Waals surface area contributed by atoms with E-state index in [1.165, 1.54) is 13.8 Å². The summed E-state index contributed by atoms with van der Waals surface area (Å²) in [6, 6.07) is 12.0. The molecule has 0 radical (unpaired) electrons. The van der Waals surface area contributed by atoms with Gasteiger partial charge in [-0.2, -0.15) is 0 Å². The molecule has 0 unspecified atom stereocenters. The van der Waals surface area contributed by atoms with Crippen LogP contribution in [0.15, 0.2) is 53.1 Å². The van der Waals surface area contributed by atoms with Gasteiger partial charge in [0, 0.05) is 22.6 Å². The number of carbonyl (C=O) groups excluding carboxylic acids is 3. The molecule has 0 saturated heterocycles. The van der Waals surface area contributed by atoms with Gasteiger partial charge in [0.15, 0.2) is 11.9 Å². The van der Waals surface area contributed by atoms with Crippen molar-refractivity contribution >= 4 is 23.3 Å². The molecule has 1 atom stereocenters. The molecule has 1 N–H and O–H groups in total. The van der Waals surface area contributed by atoms with Gasteiger partial charge in [0.2, 0.25) is 0 Å². The van der Waals surface area contributed by atoms with E-state index >= 15 is 0 Å². The van der Waals surface area contributed by atoms with Crippen molar-refractivity contribution in [3.05, 3.63) is 77.0 Å². The number of ether oxygens (including phenoxy) is 1. The summed E-state index contributed by atoms with van der Waals surface area (Å²) in [4.78, 5) is 36.6. The van der Waals surface area contributed by atoms with Crippen LogP contribution in [0.3, 0.4) is 0 Å². The summed E-state index contributed by atoms with van der Waals surface area (Å²) in [5.41, 5.74) is 2.97. The molecule has 0 fully saturated rings. The minimum absolute atomic E-state index is 0.101. The molecule has 1 aromatic carbocycles. The molecule has 7 heteroatoms. The molecule has 0 aliphatic carbocycles. The number of aryl methyl sites for hydroxylation is 1. The predicted molar refractivity (Wildman–Crippen MR) is 112 cm³/mol. The van der Waals surface area contributed by atoms with E-state index in [-0.39, 0.29) is 5.78 Å². The van der Waals surface area contributed by atoms with E-state index < -0.39 is 18.0 Å². The van der Waals surface area contributed by atoms with E-state index in [0.717, 1.165) is 17.1 Å². The molecule has 2 aromatic heterocycles. The highest BCUT2D eigenvalue weighted by molar-refractivity contribution is 5.99. The number of carbonyl (C=O) groups is 3. The Kier molecular flexibility index (Phi) is 6.20. The van der Waals surface area contributed by atoms with Crippen LogP contribution in [0.25, 0.3) is 0 Å². The second kappa shape index (κ2) is 8.82. The topological polar surface area (TPSA) is 90.5 Å². The van der Waals surface area contributed by atoms with Gasteiger partial charge < -0.3 is 19.0 Å². The lowest BCUT2D eigenvalue weighted by molar-refractivity contribution is -0.123. The quantitative estimate of drug-likeness (QED) is 0.469. The van der Waals surface area contributed by atoms with Crippen LogP contribution in [-0.2, 0) is 16.1 Å². The Bertz CT molecular complexity index is 1080. The lowest BCUT2D eigenvalue weighted by Gasteiger charge is -2.14. The number of ketones is 1. The average molecular weight is 408 g/mol. The Balaban J connectivity index is 1.67. The van der Waals surface area contributed by atoms with Crippen molar-refractivity contribution in [2.45, 2.75) is 40.3 Å². The highest BCUT2D eigenvalue weighted by Gasteiger charge is 2.23. The summed E-state index contributed by atoms with van der Waals surface area (Å²) in [6.07, 6.45) is 0.594. The molecule has 3 rings (SSSR count). The van der Waals surface area contributed by atoms with Crippen molar-refractivity contribution in [2.75, 3.05) is 5.32 Å². The Morgan fingerprint density at radius 1 is 1.13 bits per heavy atom. The Labute approximate surface area is 174 Å². The molecule has 30 heavy (non-hydrogen) atoms. The summed E-state index contributed by atoms with van der Waals surface area (Å²) in [7, 11) is 0. The maximum absolute atomic E-state index is 12.7. The molecule has 3 aromatic rings. The summed E-state index contributed by atoms with van der Waals surface area (Å²) in [6.45, 7) is 7.17. The van der Waals surface area contributed by atoms with Crippen molar-refractivity contribution in [1.29, 1.82) is 0 Å². The average Bonchev–Trinajstić information content (AvgIpc) is 3.31. The number of benzene rings is 1. The highest BCUT2D eigenvalue weighted by atomic mass is 16.5. The fourth-order valence-electron chi connectivity index (χ4n) is 3.15. The van der Waals surface area contributed by atoms with Gasteiger partial charge in [0.25, 0.3) is 5.91 Å². The fraction of sp³-hybridized carbons (Fsp3) is 0.261. The van der Waals surface area contributed by atoms with Crippen LogP contribution in [0, 0.1) is 13.8 Å². The molecule has 0 aliphatic heterocycles. The van der Waals surface area contributed by atoms with Crippen LogP contribution in [0.2, 0.25) is 0 Å². The lowest BCUT2D eigenvalue weighted by Crippen LogP contribution is -2.30. The first kappa shape index (κ1) is 21.1. The third kappa shape index (κ3) is 4.68. The normalized spacial score (nSPS) is 11.7. The first-order chi connectivity index (χ1) is 14.3. The standard InChI is InChI=1S/C23H24N2O5/c1-14-11-21(15(2)25(14)13-20-9-6-10-29-20)23(28)30-17(4)22(27)24-19-8-5-7-18(12-19)16(3)26/h5-12,17H,13H2,1-4H3,(H,24,27)/t17-/m0/s1. The van der Waals surface area contributed by atoms with Gasteiger partial charge in [0.05, 0.1) is 18.4 Å². The first-order valence-electron chi connectivity index (χ1n) is 9.58. The summed E-state index contributed by atoms with van der Waals surface area (Å²) in [5, 5.41) is 2.67. The SMILES string of the molecule is CC(=O)c1cccc(NC(=O)[C@H](C)OC(=O)c2cc(C)n(Cc3ccco3)c2C)c1. The molecular formula is C23H24N2O5. The summed E-state index contributed by atoms with van der Waals surface area (Å²) >= 11 is 0. The molecule has 7 nitrogen and oxygen atoms in total. The third-order valence-electron chi connectivity index (χ3n) is 4.88. The molecular weight excluding hydrogens is 384 g/mol. The van der Waals surface area contributed by atoms with Crippen molar-refractivity contribution in [1.82, 2.24) is 4.57 Å². The second-order valence-electron chi connectivity index (χ2n) is 7.12. The number of hydrogen-bond acceptors (Lipinski definition) is 5. The van der Waals surface area contributed by atoms with E-state index in [1.807, 2.05) is 30.5 Å². The molecule has 1 amide bonds. The van der Waals surface area contributed by atoms with E-state index in [4.69, 9.17) is 9.15 Å². The second-order valence-corrected chi connectivity index (χ2v) is 7.12. The monoisotopic (exact) mass is 408 g/mol. The van der Waals surface area contributed by atoms with Gasteiger partial charge in [-0.05, 0) is 58.0 Å². The predicted octanol–water partition coefficient (Wildman–Crippen LogP) is 4.13. The van der Waals surface area contributed by atoms with Gasteiger partial charge in [-0.25, -0.2) is 4.79 Å². The van der Waals surface area contributed by atoms with E-state index in [9.17, 15) is 14.4 Å². The van der Waals surface area contributed by atoms with Crippen molar-refractivity contribution in [3.63, 3.8) is 0 Å². The Morgan fingerprint density at radius 2 is 1.90 bits per heavy atom. The summed E-state index contributed by atoms with van der Waals surface area (Å²) < 4.78 is 12.7. The molecule has 0 bridgehead atoms. The van der Waals surface area contributed by atoms with Crippen LogP contribution < -0.4 is 5.32 Å². The van der Waals surface area contributed by atoms with Crippen LogP contribution in [0.4, 0.5) is 5.69 Å². The largest absolute Gasteiger partial charge is 0.467 e. The number of Topliss-reactive ketones (excluding diaryl/α,β-unsaturated/α-hetero) is 1. The van der Waals surface area contributed by atoms with Crippen LogP contribution in [-0.4, -0.2) is 28.3 Å². The number of furan rings is 1. The minimum Gasteiger partial charge on any atom is -0.467 e. The number of esters is 1. The van der Waals surface area contributed by atoms with E-state index in [2.05, 4.69) is 5.32 Å². The molecule has 0 saturated carbocycles. The number of amides is 1. The van der Waals surface area contributed by atoms with Gasteiger partial charge >= 0.3 is 5.97 Å². The maximum atomic E-state index is 12.7. The fourth-order valence-corrected chi connectivity index (χ4v) is 3.15. The number of aromatic nitrogens is 1. The van der Waals surface area contributed by atoms with Crippen molar-refractivity contribution in [2.24, 2.45) is 0 Å². The van der Waals surface area contributed by atoms with Crippen molar-refractivity contribution < 1.29 is 23.5 Å². The Hall–Kier alpha value is -3.61. The maximum Gasteiger partial charge on any atom is 0.340 e. The van der Waals surface area contributed by atoms with Crippen LogP contribution >= 0.6 is 0 Å². The molecule has 0 aliphatic rings. The molecule has 0 spiro atoms. The van der Waals surface area contributed by atoms with Gasteiger partial charge in [0.1, 0.15) is 5.76 Å². The lowest BCUT2D eigenvalue weighted by atomic mass is 10.1. The van der Waals surface area contributed by atoms with Gasteiger partial charge in [-0.15, -0.1) is 0 Å². The van der Waals surface area contributed by atoms with E-state index in [0.29, 0.717) is 23.4 Å². The highest BCUT2D eigenvalue weighted by Crippen LogP contribution is 2.19. The first-order valence-corrected chi connectivity index (χ1v) is 9.58. The minimum atomic E-state index is -1.01. The number of nitrogens with zero attached hydrogens (tertiary/aromatic N) is 1. The molecule has 156 valence electrons. The zero-order valence-electron chi connectivity index (χ0n) is 17.4. The Morgan fingerprint density at radius 3 is 2.57 bits per heavy atom. The van der Waals surface area contributed by atoms with Gasteiger partial charge in [-0.1, -0.05) is 12.1 Å². The van der Waals surface area contributed by atoms with Crippen LogP contribution in [0.1, 0.15) is 51.7 Å². The smallest absolute Gasteiger partial charge is 0.340 e. The number of anilines is 1. The van der Waals surface area contributed by atoms with Gasteiger partial charge in [-0.3, -0.25) is 9.59 Å². The van der Waals surface area contributed by atoms with Crippen LogP contribution in [0.5, 0.6) is 0 Å². The molecule has 2 heterocycles. The number of nitrogens with one attached hydrogen (secondary N) is 1. The zero-order valence-corrected chi connectivity index (χ0v) is 17.4. The third-order valence-corrected chi connectivity index (χ3v) is 4.88. The van der Waals surface area contributed by atoms with Crippen molar-refractivity contribution in [3.8, 4) is 0 Å². The number of rotatable bonds is 7. The van der Waals surface area contributed by atoms with E-state index in [1.54, 1.807) is 36.6 Å².